The highest BCUT2D eigenvalue weighted by Crippen LogP contribution is 2.63. The first-order valence-electron chi connectivity index (χ1n) is 32.7. The molecule has 9 aromatic carbocycles. The van der Waals surface area contributed by atoms with Crippen LogP contribution < -0.4 is 31.1 Å². The first-order chi connectivity index (χ1) is 41.4. The minimum atomic E-state index is -0.220. The number of hydrogen-bond acceptors (Lipinski definition) is 4. The molecule has 4 heterocycles. The van der Waals surface area contributed by atoms with E-state index in [0.29, 0.717) is 0 Å². The molecule has 6 aliphatic rings. The molecule has 436 valence electrons. The van der Waals surface area contributed by atoms with Crippen LogP contribution in [0.1, 0.15) is 175 Å². The van der Waals surface area contributed by atoms with Crippen LogP contribution in [0.2, 0.25) is 0 Å². The van der Waals surface area contributed by atoms with E-state index in [2.05, 4.69) is 281 Å². The Balaban J connectivity index is 1.03. The average molecular weight is 1140 g/mol. The molecule has 0 saturated heterocycles. The quantitative estimate of drug-likeness (QED) is 0.160. The van der Waals surface area contributed by atoms with Crippen molar-refractivity contribution in [2.45, 2.75) is 179 Å². The van der Waals surface area contributed by atoms with Gasteiger partial charge in [0.1, 0.15) is 11.2 Å². The van der Waals surface area contributed by atoms with Gasteiger partial charge in [0.05, 0.1) is 5.54 Å². The highest BCUT2D eigenvalue weighted by molar-refractivity contribution is 7.00. The summed E-state index contributed by atoms with van der Waals surface area (Å²) in [5, 5.41) is 2.26. The SMILES string of the molecule is CC(C)(C)c1ccc(-c2ccc3c(c2)C2(C)CCCCC2(C)N3c2cc3c4c(c2)N(c2ccc5c(c2)C(C)(C)CCC5(C)C)c2cc5c(cc2B4c2ccc(-c4ccccc4)cc2N3c2ccc3oc4ccccc4c3c2)C(C)(C)CCC5(C)C)cc1. The van der Waals surface area contributed by atoms with E-state index in [1.54, 1.807) is 0 Å². The van der Waals surface area contributed by atoms with Crippen molar-refractivity contribution in [2.24, 2.45) is 0 Å². The summed E-state index contributed by atoms with van der Waals surface area (Å²) in [6.07, 6.45) is 9.26. The fraction of sp³-hybridized carbons (Fsp3) is 0.341. The second kappa shape index (κ2) is 18.4. The first kappa shape index (κ1) is 54.6. The predicted octanol–water partition coefficient (Wildman–Crippen LogP) is 20.7. The van der Waals surface area contributed by atoms with E-state index in [-0.39, 0.29) is 44.7 Å². The maximum Gasteiger partial charge on any atom is 0.252 e. The molecular weight excluding hydrogens is 1050 g/mol. The summed E-state index contributed by atoms with van der Waals surface area (Å²) in [6.45, 7) is 32.0. The molecule has 0 radical (unpaired) electrons. The molecule has 0 N–H and O–H groups in total. The predicted molar refractivity (Wildman–Crippen MR) is 371 cm³/mol. The molecule has 5 heteroatoms. The molecule has 10 aromatic rings. The fourth-order valence-corrected chi connectivity index (χ4v) is 17.6. The summed E-state index contributed by atoms with van der Waals surface area (Å²) in [6, 6.07) is 69.3. The number of anilines is 8. The number of para-hydroxylation sites is 1. The smallest absolute Gasteiger partial charge is 0.252 e. The van der Waals surface area contributed by atoms with E-state index in [4.69, 9.17) is 4.42 Å². The van der Waals surface area contributed by atoms with Gasteiger partial charge in [0.25, 0.3) is 6.71 Å². The zero-order chi connectivity index (χ0) is 60.1. The van der Waals surface area contributed by atoms with Crippen molar-refractivity contribution < 1.29 is 4.42 Å². The lowest BCUT2D eigenvalue weighted by Gasteiger charge is -2.51. The summed E-state index contributed by atoms with van der Waals surface area (Å²) >= 11 is 0. The van der Waals surface area contributed by atoms with Crippen molar-refractivity contribution in [1.29, 1.82) is 0 Å². The van der Waals surface area contributed by atoms with Crippen LogP contribution in [-0.2, 0) is 32.5 Å². The Morgan fingerprint density at radius 3 is 1.63 bits per heavy atom. The molecule has 0 spiro atoms. The van der Waals surface area contributed by atoms with E-state index in [1.165, 1.54) is 131 Å². The van der Waals surface area contributed by atoms with Crippen LogP contribution >= 0.6 is 0 Å². The van der Waals surface area contributed by atoms with Crippen LogP contribution in [0.15, 0.2) is 180 Å². The molecular formula is C82H84BN3O. The van der Waals surface area contributed by atoms with E-state index < -0.39 is 0 Å². The van der Waals surface area contributed by atoms with Gasteiger partial charge in [-0.2, -0.15) is 0 Å². The van der Waals surface area contributed by atoms with Crippen LogP contribution in [0.5, 0.6) is 0 Å². The molecule has 16 rings (SSSR count). The minimum absolute atomic E-state index is 0.00353. The molecule has 1 fully saturated rings. The summed E-state index contributed by atoms with van der Waals surface area (Å²) in [5.41, 5.74) is 29.5. The average Bonchev–Trinajstić information content (AvgIpc) is 1.67. The Morgan fingerprint density at radius 1 is 0.379 bits per heavy atom. The Bertz CT molecular complexity index is 4510. The molecule has 2 unspecified atom stereocenters. The molecule has 2 atom stereocenters. The third-order valence-electron chi connectivity index (χ3n) is 23.3. The topological polar surface area (TPSA) is 22.9 Å². The number of fused-ring (bicyclic) bond motifs is 12. The zero-order valence-electron chi connectivity index (χ0n) is 53.7. The number of benzene rings is 9. The monoisotopic (exact) mass is 1140 g/mol. The van der Waals surface area contributed by atoms with Crippen LogP contribution in [0.25, 0.3) is 44.2 Å². The van der Waals surface area contributed by atoms with E-state index in [0.717, 1.165) is 59.7 Å². The molecule has 1 saturated carbocycles. The Hall–Kier alpha value is -7.76. The van der Waals surface area contributed by atoms with E-state index in [9.17, 15) is 0 Å². The highest BCUT2D eigenvalue weighted by Gasteiger charge is 2.58. The van der Waals surface area contributed by atoms with Gasteiger partial charge in [-0.1, -0.05) is 199 Å². The standard InChI is InChI=1S/C82H84BN3O/c1-76(2,3)55-29-25-52(26-30-55)53-28-35-68-65(43-53)81(12)37-19-20-38-82(81,13)86(68)58-47-71-75-72(48-58)85(57-31-33-61-62(46-57)78(6,7)40-39-77(61,4)5)70-50-64-63(79(8,9)41-42-80(64,10)11)49-67(70)83(75)66-34-27-54(51-21-15-14-16-22-51)44-69(66)84(71)56-32-36-74-60(45-56)59-23-17-18-24-73(59)87-74/h14-18,21-36,43-50H,19-20,37-42H2,1-13H3. The first-order valence-corrected chi connectivity index (χ1v) is 32.7. The van der Waals surface area contributed by atoms with Gasteiger partial charge in [-0.15, -0.1) is 0 Å². The Morgan fingerprint density at radius 2 is 0.931 bits per heavy atom. The van der Waals surface area contributed by atoms with E-state index in [1.807, 2.05) is 0 Å². The van der Waals surface area contributed by atoms with Gasteiger partial charge in [-0.05, 0) is 217 Å². The third-order valence-corrected chi connectivity index (χ3v) is 23.3. The maximum atomic E-state index is 6.63. The van der Waals surface area contributed by atoms with Crippen molar-refractivity contribution in [2.75, 3.05) is 14.7 Å². The number of rotatable bonds is 5. The van der Waals surface area contributed by atoms with Crippen LogP contribution in [0.4, 0.5) is 45.5 Å². The fourth-order valence-electron chi connectivity index (χ4n) is 17.6. The van der Waals surface area contributed by atoms with Gasteiger partial charge in [-0.25, -0.2) is 0 Å². The van der Waals surface area contributed by atoms with Crippen molar-refractivity contribution in [3.63, 3.8) is 0 Å². The van der Waals surface area contributed by atoms with Crippen molar-refractivity contribution in [3.8, 4) is 22.3 Å². The normalized spacial score (nSPS) is 21.6. The summed E-state index contributed by atoms with van der Waals surface area (Å²) < 4.78 is 6.63. The number of furan rings is 1. The van der Waals surface area contributed by atoms with Gasteiger partial charge in [-0.3, -0.25) is 0 Å². The lowest BCUT2D eigenvalue weighted by molar-refractivity contribution is 0.195. The van der Waals surface area contributed by atoms with Gasteiger partial charge in [0.2, 0.25) is 0 Å². The zero-order valence-corrected chi connectivity index (χ0v) is 53.7. The lowest BCUT2D eigenvalue weighted by atomic mass is 9.33. The third kappa shape index (κ3) is 7.95. The van der Waals surface area contributed by atoms with Gasteiger partial charge in [0.15, 0.2) is 0 Å². The number of hydrogen-bond donors (Lipinski definition) is 0. The van der Waals surface area contributed by atoms with Gasteiger partial charge < -0.3 is 19.1 Å². The highest BCUT2D eigenvalue weighted by atomic mass is 16.3. The summed E-state index contributed by atoms with van der Waals surface area (Å²) in [7, 11) is 0. The van der Waals surface area contributed by atoms with Crippen molar-refractivity contribution >= 4 is 90.5 Å². The molecule has 87 heavy (non-hydrogen) atoms. The molecule has 4 nitrogen and oxygen atoms in total. The van der Waals surface area contributed by atoms with Crippen molar-refractivity contribution in [1.82, 2.24) is 0 Å². The van der Waals surface area contributed by atoms with E-state index >= 15 is 0 Å². The van der Waals surface area contributed by atoms with Gasteiger partial charge >= 0.3 is 0 Å². The van der Waals surface area contributed by atoms with Crippen molar-refractivity contribution in [3.05, 3.63) is 209 Å². The number of nitrogens with zero attached hydrogens (tertiary/aromatic N) is 3. The molecule has 0 amide bonds. The minimum Gasteiger partial charge on any atom is -0.456 e. The lowest BCUT2D eigenvalue weighted by Crippen LogP contribution is -2.62. The second-order valence-electron chi connectivity index (χ2n) is 31.3. The molecule has 3 aliphatic heterocycles. The summed E-state index contributed by atoms with van der Waals surface area (Å²) in [5.74, 6) is 0. The van der Waals surface area contributed by atoms with Crippen LogP contribution in [-0.4, -0.2) is 12.3 Å². The van der Waals surface area contributed by atoms with Crippen LogP contribution in [0, 0.1) is 0 Å². The Labute approximate surface area is 517 Å². The maximum absolute atomic E-state index is 6.63. The summed E-state index contributed by atoms with van der Waals surface area (Å²) in [4.78, 5) is 8.28. The molecule has 0 bridgehead atoms. The molecule has 3 aliphatic carbocycles. The van der Waals surface area contributed by atoms with Gasteiger partial charge in [0, 0.05) is 61.7 Å². The largest absolute Gasteiger partial charge is 0.456 e. The van der Waals surface area contributed by atoms with Crippen LogP contribution in [0.3, 0.4) is 0 Å². The molecule has 1 aromatic heterocycles. The Kier molecular flexibility index (Phi) is 11.6. The second-order valence-corrected chi connectivity index (χ2v) is 31.3.